The number of hydrogen-bond donors (Lipinski definition) is 0. The first-order chi connectivity index (χ1) is 11.0. The minimum absolute atomic E-state index is 0.456. The van der Waals surface area contributed by atoms with Gasteiger partial charge in [0.1, 0.15) is 5.78 Å². The van der Waals surface area contributed by atoms with Crippen LogP contribution < -0.4 is 0 Å². The van der Waals surface area contributed by atoms with Crippen LogP contribution in [0.25, 0.3) is 0 Å². The second kappa shape index (κ2) is 5.58. The summed E-state index contributed by atoms with van der Waals surface area (Å²) in [4.78, 5) is 12.0. The van der Waals surface area contributed by atoms with Gasteiger partial charge in [-0.05, 0) is 85.4 Å². The zero-order valence-electron chi connectivity index (χ0n) is 15.3. The predicted molar refractivity (Wildman–Crippen MR) is 92.1 cm³/mol. The van der Waals surface area contributed by atoms with Gasteiger partial charge in [-0.2, -0.15) is 0 Å². The quantitative estimate of drug-likeness (QED) is 0.726. The number of carbonyl (C=O) groups excluding carboxylic acids is 1. The molecule has 4 aliphatic rings. The predicted octanol–water partition coefficient (Wildman–Crippen LogP) is 4.86. The molecule has 2 heteroatoms. The highest BCUT2D eigenvalue weighted by Crippen LogP contribution is 2.67. The van der Waals surface area contributed by atoms with Gasteiger partial charge >= 0.3 is 0 Å². The molecule has 0 N–H and O–H groups in total. The van der Waals surface area contributed by atoms with E-state index in [0.29, 0.717) is 22.5 Å². The van der Waals surface area contributed by atoms with Crippen molar-refractivity contribution in [1.82, 2.24) is 0 Å². The maximum absolute atomic E-state index is 12.0. The van der Waals surface area contributed by atoms with Crippen LogP contribution in [0.3, 0.4) is 0 Å². The molecule has 2 nitrogen and oxygen atoms in total. The van der Waals surface area contributed by atoms with Gasteiger partial charge in [0, 0.05) is 26.6 Å². The lowest BCUT2D eigenvalue weighted by Gasteiger charge is -2.60. The van der Waals surface area contributed by atoms with Gasteiger partial charge in [-0.1, -0.05) is 13.8 Å². The molecule has 0 aromatic rings. The highest BCUT2D eigenvalue weighted by Gasteiger charge is 2.59. The Morgan fingerprint density at radius 1 is 1.00 bits per heavy atom. The normalized spacial score (nSPS) is 52.7. The van der Waals surface area contributed by atoms with Crippen molar-refractivity contribution in [2.45, 2.75) is 71.6 Å². The maximum atomic E-state index is 12.0. The molecule has 0 aliphatic heterocycles. The van der Waals surface area contributed by atoms with Crippen molar-refractivity contribution in [3.05, 3.63) is 0 Å². The van der Waals surface area contributed by atoms with Crippen LogP contribution in [0.15, 0.2) is 0 Å². The van der Waals surface area contributed by atoms with Crippen molar-refractivity contribution < 1.29 is 9.53 Å². The van der Waals surface area contributed by atoms with Crippen LogP contribution in [0.1, 0.15) is 71.6 Å². The Morgan fingerprint density at radius 2 is 1.78 bits per heavy atom. The zero-order valence-corrected chi connectivity index (χ0v) is 15.3. The standard InChI is InChI=1S/C21H34O2/c1-20-10-8-16(22)12-14(20)4-6-17-18-7-5-15(13-23-3)21(18,2)11-9-19(17)20/h14-15,17-19H,4-13H2,1-3H3/t14?,15?,17-,18-,19-,20-,21+/m0/s1. The lowest BCUT2D eigenvalue weighted by Crippen LogP contribution is -2.53. The summed E-state index contributed by atoms with van der Waals surface area (Å²) in [5, 5.41) is 0. The SMILES string of the molecule is COCC1CC[C@H]2[C@@H]3CCC4CC(=O)CC[C@]4(C)[C@H]3CC[C@]12C. The minimum Gasteiger partial charge on any atom is -0.384 e. The molecule has 0 aromatic carbocycles. The lowest BCUT2D eigenvalue weighted by atomic mass is 9.45. The van der Waals surface area contributed by atoms with E-state index in [1.807, 2.05) is 7.11 Å². The first-order valence-electron chi connectivity index (χ1n) is 9.99. The Hall–Kier alpha value is -0.370. The van der Waals surface area contributed by atoms with Crippen LogP contribution in [-0.2, 0) is 9.53 Å². The molecular weight excluding hydrogens is 284 g/mol. The average Bonchev–Trinajstić information content (AvgIpc) is 2.85. The Bertz CT molecular complexity index is 486. The summed E-state index contributed by atoms with van der Waals surface area (Å²) >= 11 is 0. The van der Waals surface area contributed by atoms with Gasteiger partial charge in [0.15, 0.2) is 0 Å². The molecule has 4 rings (SSSR count). The molecule has 4 saturated carbocycles. The van der Waals surface area contributed by atoms with E-state index in [4.69, 9.17) is 4.74 Å². The van der Waals surface area contributed by atoms with E-state index in [9.17, 15) is 4.79 Å². The van der Waals surface area contributed by atoms with Crippen molar-refractivity contribution in [2.75, 3.05) is 13.7 Å². The summed E-state index contributed by atoms with van der Waals surface area (Å²) in [6.45, 7) is 6.08. The molecule has 0 saturated heterocycles. The number of methoxy groups -OCH3 is 1. The summed E-state index contributed by atoms with van der Waals surface area (Å²) in [5.41, 5.74) is 0.975. The minimum atomic E-state index is 0.456. The molecule has 23 heavy (non-hydrogen) atoms. The van der Waals surface area contributed by atoms with Crippen LogP contribution >= 0.6 is 0 Å². The molecule has 130 valence electrons. The van der Waals surface area contributed by atoms with E-state index in [1.165, 1.54) is 44.9 Å². The van der Waals surface area contributed by atoms with E-state index in [1.54, 1.807) is 0 Å². The second-order valence-electron chi connectivity index (χ2n) is 9.67. The first-order valence-corrected chi connectivity index (χ1v) is 9.99. The molecule has 0 heterocycles. The fourth-order valence-corrected chi connectivity index (χ4v) is 7.63. The number of hydrogen-bond acceptors (Lipinski definition) is 2. The van der Waals surface area contributed by atoms with E-state index in [-0.39, 0.29) is 0 Å². The first kappa shape index (κ1) is 16.1. The van der Waals surface area contributed by atoms with Crippen LogP contribution in [0.5, 0.6) is 0 Å². The van der Waals surface area contributed by atoms with E-state index in [2.05, 4.69) is 13.8 Å². The highest BCUT2D eigenvalue weighted by atomic mass is 16.5. The summed E-state index contributed by atoms with van der Waals surface area (Å²) in [5.74, 6) is 4.71. The average molecular weight is 319 g/mol. The fraction of sp³-hybridized carbons (Fsp3) is 0.952. The molecule has 0 amide bonds. The molecule has 0 bridgehead atoms. The summed E-state index contributed by atoms with van der Waals surface area (Å²) in [6, 6.07) is 0. The molecular formula is C21H34O2. The molecule has 0 spiro atoms. The maximum Gasteiger partial charge on any atom is 0.133 e. The second-order valence-corrected chi connectivity index (χ2v) is 9.67. The van der Waals surface area contributed by atoms with Gasteiger partial charge < -0.3 is 4.74 Å². The number of Topliss-reactive ketones (excluding diaryl/α,β-unsaturated/α-hetero) is 1. The fourth-order valence-electron chi connectivity index (χ4n) is 7.63. The molecule has 4 fully saturated rings. The zero-order chi connectivity index (χ0) is 16.2. The van der Waals surface area contributed by atoms with Crippen LogP contribution in [-0.4, -0.2) is 19.5 Å². The summed E-state index contributed by atoms with van der Waals surface area (Å²) in [7, 11) is 1.87. The smallest absolute Gasteiger partial charge is 0.133 e. The molecule has 4 aliphatic carbocycles. The molecule has 7 atom stereocenters. The Labute approximate surface area is 141 Å². The topological polar surface area (TPSA) is 26.3 Å². The Balaban J connectivity index is 1.59. The third-order valence-electron chi connectivity index (χ3n) is 9.05. The Morgan fingerprint density at radius 3 is 2.57 bits per heavy atom. The lowest BCUT2D eigenvalue weighted by molar-refractivity contribution is -0.140. The van der Waals surface area contributed by atoms with Crippen molar-refractivity contribution >= 4 is 5.78 Å². The van der Waals surface area contributed by atoms with E-state index in [0.717, 1.165) is 43.1 Å². The van der Waals surface area contributed by atoms with Gasteiger partial charge in [0.05, 0.1) is 0 Å². The van der Waals surface area contributed by atoms with Crippen LogP contribution in [0, 0.1) is 40.4 Å². The van der Waals surface area contributed by atoms with Gasteiger partial charge in [0.25, 0.3) is 0 Å². The third kappa shape index (κ3) is 2.27. The van der Waals surface area contributed by atoms with E-state index < -0.39 is 0 Å². The number of ketones is 1. The van der Waals surface area contributed by atoms with Crippen LogP contribution in [0.4, 0.5) is 0 Å². The summed E-state index contributed by atoms with van der Waals surface area (Å²) < 4.78 is 5.56. The third-order valence-corrected chi connectivity index (χ3v) is 9.05. The largest absolute Gasteiger partial charge is 0.384 e. The van der Waals surface area contributed by atoms with Crippen molar-refractivity contribution in [3.8, 4) is 0 Å². The monoisotopic (exact) mass is 318 g/mol. The number of rotatable bonds is 2. The van der Waals surface area contributed by atoms with Gasteiger partial charge in [-0.15, -0.1) is 0 Å². The molecule has 2 unspecified atom stereocenters. The van der Waals surface area contributed by atoms with E-state index >= 15 is 0 Å². The molecule has 0 radical (unpaired) electrons. The van der Waals surface area contributed by atoms with Crippen molar-refractivity contribution in [1.29, 1.82) is 0 Å². The number of carbonyl (C=O) groups is 1. The van der Waals surface area contributed by atoms with Crippen molar-refractivity contribution in [2.24, 2.45) is 40.4 Å². The molecule has 0 aromatic heterocycles. The number of fused-ring (bicyclic) bond motifs is 5. The van der Waals surface area contributed by atoms with Gasteiger partial charge in [-0.25, -0.2) is 0 Å². The van der Waals surface area contributed by atoms with Crippen molar-refractivity contribution in [3.63, 3.8) is 0 Å². The van der Waals surface area contributed by atoms with Crippen LogP contribution in [0.2, 0.25) is 0 Å². The highest BCUT2D eigenvalue weighted by molar-refractivity contribution is 5.79. The van der Waals surface area contributed by atoms with Gasteiger partial charge in [-0.3, -0.25) is 4.79 Å². The van der Waals surface area contributed by atoms with Gasteiger partial charge in [0.2, 0.25) is 0 Å². The summed E-state index contributed by atoms with van der Waals surface area (Å²) in [6.07, 6.45) is 11.2. The number of ether oxygens (including phenoxy) is 1. The Kier molecular flexibility index (Phi) is 3.91.